The standard InChI is InChI=1S/C21H21F3N4OS2/c1-13-27-17(12-30-13)18-4-3-16(31-18)11-26-20(29)14-6-8-28(9-7-14)19-5-2-15(10-25-19)21(22,23)24/h2-5,10,12,14H,6-9,11H2,1H3,(H,26,29). The Morgan fingerprint density at radius 1 is 1.23 bits per heavy atom. The van der Waals surface area contributed by atoms with E-state index in [0.717, 1.165) is 32.7 Å². The molecule has 3 aromatic heterocycles. The van der Waals surface area contributed by atoms with Gasteiger partial charge in [0.25, 0.3) is 0 Å². The zero-order valence-electron chi connectivity index (χ0n) is 16.8. The molecule has 0 unspecified atom stereocenters. The molecule has 0 spiro atoms. The van der Waals surface area contributed by atoms with Crippen LogP contribution in [-0.2, 0) is 17.5 Å². The molecule has 3 aromatic rings. The quantitative estimate of drug-likeness (QED) is 0.567. The zero-order valence-corrected chi connectivity index (χ0v) is 18.4. The van der Waals surface area contributed by atoms with Crippen molar-refractivity contribution in [3.8, 4) is 10.6 Å². The van der Waals surface area contributed by atoms with Gasteiger partial charge in [-0.2, -0.15) is 13.2 Å². The molecule has 31 heavy (non-hydrogen) atoms. The first-order valence-corrected chi connectivity index (χ1v) is 11.6. The van der Waals surface area contributed by atoms with Gasteiger partial charge >= 0.3 is 6.18 Å². The Labute approximate surface area is 186 Å². The molecule has 4 rings (SSSR count). The molecule has 0 atom stereocenters. The number of alkyl halides is 3. The smallest absolute Gasteiger partial charge is 0.357 e. The van der Waals surface area contributed by atoms with Gasteiger partial charge in [0.1, 0.15) is 5.82 Å². The predicted molar refractivity (Wildman–Crippen MR) is 116 cm³/mol. The molecular weight excluding hydrogens is 445 g/mol. The molecule has 164 valence electrons. The summed E-state index contributed by atoms with van der Waals surface area (Å²) in [5.41, 5.74) is 0.210. The van der Waals surface area contributed by atoms with E-state index in [1.54, 1.807) is 22.7 Å². The molecule has 1 N–H and O–H groups in total. The molecule has 4 heterocycles. The fourth-order valence-electron chi connectivity index (χ4n) is 3.52. The number of aromatic nitrogens is 2. The first-order valence-electron chi connectivity index (χ1n) is 9.87. The van der Waals surface area contributed by atoms with E-state index in [-0.39, 0.29) is 11.8 Å². The number of piperidine rings is 1. The van der Waals surface area contributed by atoms with Gasteiger partial charge in [-0.15, -0.1) is 22.7 Å². The van der Waals surface area contributed by atoms with Crippen LogP contribution in [-0.4, -0.2) is 29.0 Å². The van der Waals surface area contributed by atoms with E-state index in [0.29, 0.717) is 38.3 Å². The molecule has 0 radical (unpaired) electrons. The lowest BCUT2D eigenvalue weighted by Gasteiger charge is -2.32. The second-order valence-corrected chi connectivity index (χ2v) is 9.63. The maximum atomic E-state index is 12.7. The molecule has 1 fully saturated rings. The van der Waals surface area contributed by atoms with Crippen LogP contribution in [0, 0.1) is 12.8 Å². The van der Waals surface area contributed by atoms with Crippen LogP contribution in [0.5, 0.6) is 0 Å². The molecule has 0 aliphatic carbocycles. The third kappa shape index (κ3) is 5.24. The number of carbonyl (C=O) groups excluding carboxylic acids is 1. The average molecular weight is 467 g/mol. The highest BCUT2D eigenvalue weighted by Crippen LogP contribution is 2.31. The lowest BCUT2D eigenvalue weighted by molar-refractivity contribution is -0.137. The highest BCUT2D eigenvalue weighted by Gasteiger charge is 2.31. The maximum Gasteiger partial charge on any atom is 0.417 e. The topological polar surface area (TPSA) is 58.1 Å². The lowest BCUT2D eigenvalue weighted by atomic mass is 9.96. The van der Waals surface area contributed by atoms with Gasteiger partial charge in [-0.3, -0.25) is 4.79 Å². The summed E-state index contributed by atoms with van der Waals surface area (Å²) in [4.78, 5) is 25.1. The van der Waals surface area contributed by atoms with E-state index < -0.39 is 11.7 Å². The van der Waals surface area contributed by atoms with Gasteiger partial charge < -0.3 is 10.2 Å². The fourth-order valence-corrected chi connectivity index (χ4v) is 5.11. The number of thiazole rings is 1. The summed E-state index contributed by atoms with van der Waals surface area (Å²) < 4.78 is 38.1. The van der Waals surface area contributed by atoms with Crippen molar-refractivity contribution in [2.45, 2.75) is 32.5 Å². The molecule has 5 nitrogen and oxygen atoms in total. The molecule has 10 heteroatoms. The Bertz CT molecular complexity index is 1040. The van der Waals surface area contributed by atoms with Crippen molar-refractivity contribution >= 4 is 34.4 Å². The number of amides is 1. The van der Waals surface area contributed by atoms with Gasteiger partial charge in [0.15, 0.2) is 0 Å². The summed E-state index contributed by atoms with van der Waals surface area (Å²) >= 11 is 3.23. The minimum atomic E-state index is -4.39. The second kappa shape index (κ2) is 8.96. The number of hydrogen-bond acceptors (Lipinski definition) is 6. The third-order valence-corrected chi connectivity index (χ3v) is 7.12. The van der Waals surface area contributed by atoms with E-state index in [4.69, 9.17) is 0 Å². The van der Waals surface area contributed by atoms with Crippen LogP contribution in [0.1, 0.15) is 28.3 Å². The molecule has 1 aliphatic rings. The Morgan fingerprint density at radius 3 is 2.61 bits per heavy atom. The number of aryl methyl sites for hydroxylation is 1. The molecular formula is C21H21F3N4OS2. The van der Waals surface area contributed by atoms with Crippen molar-refractivity contribution < 1.29 is 18.0 Å². The van der Waals surface area contributed by atoms with Crippen LogP contribution < -0.4 is 10.2 Å². The summed E-state index contributed by atoms with van der Waals surface area (Å²) in [6.45, 7) is 3.63. The van der Waals surface area contributed by atoms with E-state index in [1.165, 1.54) is 6.07 Å². The van der Waals surface area contributed by atoms with Crippen LogP contribution in [0.15, 0.2) is 35.8 Å². The largest absolute Gasteiger partial charge is 0.417 e. The van der Waals surface area contributed by atoms with Gasteiger partial charge in [0, 0.05) is 35.5 Å². The minimum Gasteiger partial charge on any atom is -0.357 e. The SMILES string of the molecule is Cc1nc(-c2ccc(CNC(=O)C3CCN(c4ccc(C(F)(F)F)cn4)CC3)s2)cs1. The normalized spacial score (nSPS) is 15.3. The molecule has 1 aliphatic heterocycles. The molecule has 1 saturated heterocycles. The van der Waals surface area contributed by atoms with E-state index in [9.17, 15) is 18.0 Å². The van der Waals surface area contributed by atoms with E-state index in [2.05, 4.69) is 15.3 Å². The number of carbonyl (C=O) groups is 1. The Kier molecular flexibility index (Phi) is 6.29. The highest BCUT2D eigenvalue weighted by atomic mass is 32.1. The van der Waals surface area contributed by atoms with Crippen molar-refractivity contribution in [1.29, 1.82) is 0 Å². The van der Waals surface area contributed by atoms with Crippen molar-refractivity contribution in [3.05, 3.63) is 51.3 Å². The molecule has 1 amide bonds. The predicted octanol–water partition coefficient (Wildman–Crippen LogP) is 5.13. The van der Waals surface area contributed by atoms with Crippen LogP contribution in [0.2, 0.25) is 0 Å². The van der Waals surface area contributed by atoms with Crippen LogP contribution in [0.25, 0.3) is 10.6 Å². The first kappa shape index (κ1) is 21.8. The number of halogens is 3. The van der Waals surface area contributed by atoms with Crippen molar-refractivity contribution in [2.75, 3.05) is 18.0 Å². The van der Waals surface area contributed by atoms with Gasteiger partial charge in [0.05, 0.1) is 27.7 Å². The molecule has 0 saturated carbocycles. The van der Waals surface area contributed by atoms with Gasteiger partial charge in [-0.1, -0.05) is 0 Å². The Hall–Kier alpha value is -2.46. The Morgan fingerprint density at radius 2 is 2.00 bits per heavy atom. The van der Waals surface area contributed by atoms with Crippen LogP contribution in [0.4, 0.5) is 19.0 Å². The number of nitrogens with zero attached hydrogens (tertiary/aromatic N) is 3. The third-order valence-electron chi connectivity index (χ3n) is 5.23. The maximum absolute atomic E-state index is 12.7. The molecule has 0 aromatic carbocycles. The lowest BCUT2D eigenvalue weighted by Crippen LogP contribution is -2.40. The number of thiophene rings is 1. The van der Waals surface area contributed by atoms with E-state index in [1.807, 2.05) is 29.3 Å². The second-order valence-electron chi connectivity index (χ2n) is 7.40. The first-order chi connectivity index (χ1) is 14.8. The van der Waals surface area contributed by atoms with Crippen LogP contribution in [0.3, 0.4) is 0 Å². The van der Waals surface area contributed by atoms with Crippen molar-refractivity contribution in [1.82, 2.24) is 15.3 Å². The summed E-state index contributed by atoms with van der Waals surface area (Å²) in [7, 11) is 0. The highest BCUT2D eigenvalue weighted by molar-refractivity contribution is 7.16. The fraction of sp³-hybridized carbons (Fsp3) is 0.381. The summed E-state index contributed by atoms with van der Waals surface area (Å²) in [6, 6.07) is 6.47. The summed E-state index contributed by atoms with van der Waals surface area (Å²) in [6.07, 6.45) is -2.25. The average Bonchev–Trinajstić information content (AvgIpc) is 3.40. The summed E-state index contributed by atoms with van der Waals surface area (Å²) in [5.74, 6) is 0.418. The zero-order chi connectivity index (χ0) is 22.0. The number of rotatable bonds is 5. The summed E-state index contributed by atoms with van der Waals surface area (Å²) in [5, 5.41) is 6.07. The van der Waals surface area contributed by atoms with Crippen molar-refractivity contribution in [3.63, 3.8) is 0 Å². The van der Waals surface area contributed by atoms with E-state index >= 15 is 0 Å². The number of anilines is 1. The van der Waals surface area contributed by atoms with Gasteiger partial charge in [-0.25, -0.2) is 9.97 Å². The van der Waals surface area contributed by atoms with Crippen molar-refractivity contribution in [2.24, 2.45) is 5.92 Å². The van der Waals surface area contributed by atoms with Gasteiger partial charge in [0.2, 0.25) is 5.91 Å². The Balaban J connectivity index is 1.26. The molecule has 0 bridgehead atoms. The minimum absolute atomic E-state index is 0.0134. The number of pyridine rings is 1. The number of hydrogen-bond donors (Lipinski definition) is 1. The number of nitrogens with one attached hydrogen (secondary N) is 1. The monoisotopic (exact) mass is 466 g/mol. The van der Waals surface area contributed by atoms with Gasteiger partial charge in [-0.05, 0) is 44.0 Å². The van der Waals surface area contributed by atoms with Crippen LogP contribution >= 0.6 is 22.7 Å².